The first-order chi connectivity index (χ1) is 17.2. The molecule has 7 nitrogen and oxygen atoms in total. The van der Waals surface area contributed by atoms with Gasteiger partial charge < -0.3 is 9.80 Å². The maximum atomic E-state index is 13.0. The van der Waals surface area contributed by atoms with Gasteiger partial charge in [-0.1, -0.05) is 58.6 Å². The van der Waals surface area contributed by atoms with E-state index < -0.39 is 10.0 Å². The molecule has 0 bridgehead atoms. The number of piperazine rings is 1. The second-order valence-corrected chi connectivity index (χ2v) is 12.0. The monoisotopic (exact) mass is 563 g/mol. The van der Waals surface area contributed by atoms with Gasteiger partial charge in [-0.2, -0.15) is 13.2 Å². The highest BCUT2D eigenvalue weighted by molar-refractivity contribution is 7.89. The SMILES string of the molecule is Cc1ccc(S(=O)(=O)N/N=C(/c2c(Cl)cccc2Cl)N2CCN(c3ccc(Cl)cn3)CC23CC3)cc1. The summed E-state index contributed by atoms with van der Waals surface area (Å²) in [4.78, 5) is 11.4. The predicted octanol–water partition coefficient (Wildman–Crippen LogP) is 5.35. The van der Waals surface area contributed by atoms with Crippen molar-refractivity contribution in [1.82, 2.24) is 14.7 Å². The molecular weight excluding hydrogens is 541 g/mol. The zero-order chi connectivity index (χ0) is 25.5. The number of halogens is 3. The van der Waals surface area contributed by atoms with Crippen molar-refractivity contribution in [2.75, 3.05) is 24.5 Å². The highest BCUT2D eigenvalue weighted by Gasteiger charge is 2.53. The van der Waals surface area contributed by atoms with E-state index >= 15 is 0 Å². The highest BCUT2D eigenvalue weighted by atomic mass is 35.5. The maximum absolute atomic E-state index is 13.0. The van der Waals surface area contributed by atoms with Crippen LogP contribution in [0.2, 0.25) is 15.1 Å². The molecule has 2 fully saturated rings. The fourth-order valence-electron chi connectivity index (χ4n) is 4.47. The zero-order valence-electron chi connectivity index (χ0n) is 19.5. The topological polar surface area (TPSA) is 77.9 Å². The van der Waals surface area contributed by atoms with Gasteiger partial charge in [0.2, 0.25) is 0 Å². The van der Waals surface area contributed by atoms with E-state index in [4.69, 9.17) is 34.8 Å². The number of benzene rings is 2. The summed E-state index contributed by atoms with van der Waals surface area (Å²) in [5.41, 5.74) is 1.22. The fourth-order valence-corrected chi connectivity index (χ4v) is 5.95. The number of anilines is 1. The Kier molecular flexibility index (Phi) is 6.80. The van der Waals surface area contributed by atoms with E-state index in [1.165, 1.54) is 0 Å². The Bertz CT molecular complexity index is 1390. The number of aromatic nitrogens is 1. The van der Waals surface area contributed by atoms with Crippen LogP contribution in [-0.2, 0) is 10.0 Å². The first-order valence-electron chi connectivity index (χ1n) is 11.4. The van der Waals surface area contributed by atoms with E-state index in [1.54, 1.807) is 48.7 Å². The summed E-state index contributed by atoms with van der Waals surface area (Å²) in [5.74, 6) is 1.25. The second-order valence-electron chi connectivity index (χ2n) is 9.07. The number of hydrogen-bond donors (Lipinski definition) is 1. The number of hydrogen-bond acceptors (Lipinski definition) is 5. The number of aryl methyl sites for hydroxylation is 1. The summed E-state index contributed by atoms with van der Waals surface area (Å²) in [6, 6.07) is 15.5. The van der Waals surface area contributed by atoms with E-state index in [1.807, 2.05) is 19.1 Å². The summed E-state index contributed by atoms with van der Waals surface area (Å²) < 4.78 is 26.1. The third kappa shape index (κ3) is 5.00. The molecule has 36 heavy (non-hydrogen) atoms. The molecule has 2 aromatic carbocycles. The standard InChI is InChI=1S/C25H24Cl3N5O2S/c1-17-5-8-19(9-6-17)36(34,35)31-30-24(23-20(27)3-2-4-21(23)28)33-14-13-32(16-25(33)11-12-25)22-10-7-18(26)15-29-22/h2-10,15,31H,11-14,16H2,1H3/b30-24-. The molecule has 0 atom stereocenters. The van der Waals surface area contributed by atoms with Crippen LogP contribution in [-0.4, -0.2) is 49.3 Å². The highest BCUT2D eigenvalue weighted by Crippen LogP contribution is 2.46. The molecule has 0 radical (unpaired) electrons. The smallest absolute Gasteiger partial charge is 0.276 e. The van der Waals surface area contributed by atoms with Crippen LogP contribution in [0.3, 0.4) is 0 Å². The van der Waals surface area contributed by atoms with Crippen LogP contribution >= 0.6 is 34.8 Å². The summed E-state index contributed by atoms with van der Waals surface area (Å²) in [5, 5.41) is 5.82. The molecule has 3 aromatic rings. The van der Waals surface area contributed by atoms with Crippen molar-refractivity contribution in [3.8, 4) is 0 Å². The molecule has 5 rings (SSSR count). The Morgan fingerprint density at radius 3 is 2.31 bits per heavy atom. The Labute approximate surface area is 225 Å². The van der Waals surface area contributed by atoms with E-state index in [0.717, 1.165) is 24.2 Å². The lowest BCUT2D eigenvalue weighted by Gasteiger charge is -2.44. The largest absolute Gasteiger partial charge is 0.352 e. The van der Waals surface area contributed by atoms with Crippen molar-refractivity contribution in [2.24, 2.45) is 5.10 Å². The molecule has 1 N–H and O–H groups in total. The first kappa shape index (κ1) is 25.1. The minimum atomic E-state index is -3.90. The van der Waals surface area contributed by atoms with Gasteiger partial charge in [0, 0.05) is 25.8 Å². The minimum Gasteiger partial charge on any atom is -0.352 e. The minimum absolute atomic E-state index is 0.126. The van der Waals surface area contributed by atoms with Crippen LogP contribution in [0.15, 0.2) is 70.8 Å². The van der Waals surface area contributed by atoms with E-state index in [2.05, 4.69) is 24.7 Å². The van der Waals surface area contributed by atoms with Gasteiger partial charge in [0.1, 0.15) is 5.82 Å². The average Bonchev–Trinajstić information content (AvgIpc) is 3.61. The van der Waals surface area contributed by atoms with Gasteiger partial charge in [-0.05, 0) is 56.2 Å². The van der Waals surface area contributed by atoms with Gasteiger partial charge in [-0.25, -0.2) is 4.98 Å². The molecule has 1 saturated heterocycles. The lowest BCUT2D eigenvalue weighted by molar-refractivity contribution is 0.259. The Morgan fingerprint density at radius 2 is 1.69 bits per heavy atom. The Hall–Kier alpha value is -2.52. The number of pyridine rings is 1. The Balaban J connectivity index is 1.50. The van der Waals surface area contributed by atoms with Gasteiger partial charge in [0.25, 0.3) is 10.0 Å². The van der Waals surface area contributed by atoms with Crippen molar-refractivity contribution in [2.45, 2.75) is 30.2 Å². The summed E-state index contributed by atoms with van der Waals surface area (Å²) in [7, 11) is -3.90. The molecule has 2 heterocycles. The van der Waals surface area contributed by atoms with Crippen LogP contribution < -0.4 is 9.73 Å². The van der Waals surface area contributed by atoms with Crippen LogP contribution in [0.25, 0.3) is 0 Å². The van der Waals surface area contributed by atoms with Crippen LogP contribution in [0.1, 0.15) is 24.0 Å². The normalized spacial score (nSPS) is 17.4. The van der Waals surface area contributed by atoms with Gasteiger partial charge >= 0.3 is 0 Å². The van der Waals surface area contributed by atoms with Crippen molar-refractivity contribution in [1.29, 1.82) is 0 Å². The maximum Gasteiger partial charge on any atom is 0.276 e. The molecular formula is C25H24Cl3N5O2S. The molecule has 1 spiro atoms. The van der Waals surface area contributed by atoms with Gasteiger partial charge in [-0.15, -0.1) is 5.10 Å². The fraction of sp³-hybridized carbons (Fsp3) is 0.280. The van der Waals surface area contributed by atoms with E-state index in [-0.39, 0.29) is 10.4 Å². The van der Waals surface area contributed by atoms with Crippen LogP contribution in [0.4, 0.5) is 5.82 Å². The van der Waals surface area contributed by atoms with E-state index in [0.29, 0.717) is 46.1 Å². The number of nitrogens with zero attached hydrogens (tertiary/aromatic N) is 4. The molecule has 1 saturated carbocycles. The van der Waals surface area contributed by atoms with Crippen LogP contribution in [0.5, 0.6) is 0 Å². The summed E-state index contributed by atoms with van der Waals surface area (Å²) >= 11 is 19.2. The zero-order valence-corrected chi connectivity index (χ0v) is 22.5. The van der Waals surface area contributed by atoms with Crippen molar-refractivity contribution >= 4 is 56.5 Å². The lowest BCUT2D eigenvalue weighted by Crippen LogP contribution is -2.58. The van der Waals surface area contributed by atoms with E-state index in [9.17, 15) is 8.42 Å². The molecule has 188 valence electrons. The van der Waals surface area contributed by atoms with Gasteiger partial charge in [0.05, 0.1) is 31.1 Å². The molecule has 2 aliphatic rings. The third-order valence-corrected chi connectivity index (χ3v) is 8.64. The van der Waals surface area contributed by atoms with Crippen molar-refractivity contribution < 1.29 is 8.42 Å². The van der Waals surface area contributed by atoms with Gasteiger partial charge in [0.15, 0.2) is 5.84 Å². The third-order valence-electron chi connectivity index (χ3n) is 6.56. The van der Waals surface area contributed by atoms with Crippen molar-refractivity contribution in [3.05, 3.63) is 87.0 Å². The first-order valence-corrected chi connectivity index (χ1v) is 14.0. The summed E-state index contributed by atoms with van der Waals surface area (Å²) in [6.07, 6.45) is 3.48. The summed E-state index contributed by atoms with van der Waals surface area (Å²) in [6.45, 7) is 3.83. The molecule has 0 amide bonds. The molecule has 1 aliphatic carbocycles. The second kappa shape index (κ2) is 9.74. The number of amidine groups is 1. The Morgan fingerprint density at radius 1 is 1.00 bits per heavy atom. The van der Waals surface area contributed by atoms with Crippen LogP contribution in [0, 0.1) is 6.92 Å². The number of nitrogens with one attached hydrogen (secondary N) is 1. The molecule has 11 heteroatoms. The molecule has 0 unspecified atom stereocenters. The van der Waals surface area contributed by atoms with Gasteiger partial charge in [-0.3, -0.25) is 0 Å². The predicted molar refractivity (Wildman–Crippen MR) is 145 cm³/mol. The number of rotatable bonds is 5. The quantitative estimate of drug-likeness (QED) is 0.257. The molecule has 1 aromatic heterocycles. The number of sulfonamides is 1. The number of hydrazone groups is 1. The average molecular weight is 565 g/mol. The molecule has 1 aliphatic heterocycles. The lowest BCUT2D eigenvalue weighted by atomic mass is 10.1. The van der Waals surface area contributed by atoms with Crippen molar-refractivity contribution in [3.63, 3.8) is 0 Å².